The summed E-state index contributed by atoms with van der Waals surface area (Å²) >= 11 is 0. The molecule has 0 saturated carbocycles. The molecule has 1 aromatic rings. The Kier molecular flexibility index (Phi) is 5.16. The first-order valence-corrected chi connectivity index (χ1v) is 7.16. The van der Waals surface area contributed by atoms with Gasteiger partial charge in [-0.25, -0.2) is 0 Å². The lowest BCUT2D eigenvalue weighted by atomic mass is 10.1. The molecule has 1 saturated heterocycles. The summed E-state index contributed by atoms with van der Waals surface area (Å²) in [5.41, 5.74) is 2.50. The van der Waals surface area contributed by atoms with E-state index in [0.717, 1.165) is 19.7 Å². The van der Waals surface area contributed by atoms with Crippen molar-refractivity contribution in [2.24, 2.45) is 0 Å². The highest BCUT2D eigenvalue weighted by molar-refractivity contribution is 5.51. The summed E-state index contributed by atoms with van der Waals surface area (Å²) in [6, 6.07) is 2.57. The fourth-order valence-corrected chi connectivity index (χ4v) is 2.43. The molecule has 19 heavy (non-hydrogen) atoms. The number of anilines is 1. The predicted molar refractivity (Wildman–Crippen MR) is 78.5 cm³/mol. The average Bonchev–Trinajstić information content (AvgIpc) is 2.89. The van der Waals surface area contributed by atoms with Crippen LogP contribution in [0, 0.1) is 0 Å². The molecular weight excluding hydrogens is 238 g/mol. The van der Waals surface area contributed by atoms with Crippen LogP contribution in [0.25, 0.3) is 0 Å². The second kappa shape index (κ2) is 6.87. The van der Waals surface area contributed by atoms with Gasteiger partial charge in [-0.3, -0.25) is 4.98 Å². The van der Waals surface area contributed by atoms with Crippen LogP contribution in [-0.4, -0.2) is 37.3 Å². The molecule has 0 radical (unpaired) electrons. The Balaban J connectivity index is 2.00. The quantitative estimate of drug-likeness (QED) is 0.854. The van der Waals surface area contributed by atoms with E-state index in [2.05, 4.69) is 42.2 Å². The summed E-state index contributed by atoms with van der Waals surface area (Å²) < 4.78 is 5.71. The molecule has 2 rings (SSSR count). The lowest BCUT2D eigenvalue weighted by molar-refractivity contribution is 0.116. The van der Waals surface area contributed by atoms with Crippen LogP contribution >= 0.6 is 0 Å². The van der Waals surface area contributed by atoms with Crippen LogP contribution < -0.4 is 10.2 Å². The van der Waals surface area contributed by atoms with E-state index >= 15 is 0 Å². The number of pyridine rings is 1. The van der Waals surface area contributed by atoms with Crippen LogP contribution in [0.4, 0.5) is 5.69 Å². The molecule has 4 nitrogen and oxygen atoms in total. The van der Waals surface area contributed by atoms with Gasteiger partial charge in [0.15, 0.2) is 0 Å². The predicted octanol–water partition coefficient (Wildman–Crippen LogP) is 2.19. The van der Waals surface area contributed by atoms with Gasteiger partial charge >= 0.3 is 0 Å². The van der Waals surface area contributed by atoms with Crippen molar-refractivity contribution in [2.75, 3.05) is 25.1 Å². The molecule has 1 aromatic heterocycles. The first kappa shape index (κ1) is 14.3. The molecule has 4 heteroatoms. The Morgan fingerprint density at radius 1 is 1.53 bits per heavy atom. The summed E-state index contributed by atoms with van der Waals surface area (Å²) in [5.74, 6) is 0. The van der Waals surface area contributed by atoms with E-state index in [1.165, 1.54) is 24.1 Å². The molecule has 0 aliphatic carbocycles. The topological polar surface area (TPSA) is 37.4 Å². The average molecular weight is 263 g/mol. The molecule has 1 atom stereocenters. The van der Waals surface area contributed by atoms with Crippen LogP contribution in [0.1, 0.15) is 32.3 Å². The molecule has 1 N–H and O–H groups in total. The number of hydrogen-bond donors (Lipinski definition) is 1. The summed E-state index contributed by atoms with van der Waals surface area (Å²) in [5, 5.41) is 3.45. The number of aromatic nitrogens is 1. The van der Waals surface area contributed by atoms with E-state index < -0.39 is 0 Å². The maximum absolute atomic E-state index is 5.71. The van der Waals surface area contributed by atoms with Crippen LogP contribution in [0.2, 0.25) is 0 Å². The third-order valence-electron chi connectivity index (χ3n) is 3.49. The Morgan fingerprint density at radius 2 is 2.37 bits per heavy atom. The van der Waals surface area contributed by atoms with Gasteiger partial charge in [-0.15, -0.1) is 0 Å². The molecule has 2 heterocycles. The zero-order valence-corrected chi connectivity index (χ0v) is 12.2. The number of hydrogen-bond acceptors (Lipinski definition) is 4. The Labute approximate surface area is 116 Å². The minimum absolute atomic E-state index is 0.379. The van der Waals surface area contributed by atoms with Crippen molar-refractivity contribution in [1.29, 1.82) is 0 Å². The summed E-state index contributed by atoms with van der Waals surface area (Å²) in [7, 11) is 2.13. The molecule has 1 unspecified atom stereocenters. The molecule has 0 aromatic carbocycles. The van der Waals surface area contributed by atoms with Crippen LogP contribution in [0.3, 0.4) is 0 Å². The fourth-order valence-electron chi connectivity index (χ4n) is 2.43. The van der Waals surface area contributed by atoms with Crippen molar-refractivity contribution in [1.82, 2.24) is 10.3 Å². The lowest BCUT2D eigenvalue weighted by Gasteiger charge is -2.25. The Bertz CT molecular complexity index is 389. The maximum atomic E-state index is 5.71. The van der Waals surface area contributed by atoms with Gasteiger partial charge in [-0.2, -0.15) is 0 Å². The van der Waals surface area contributed by atoms with E-state index in [1.54, 1.807) is 0 Å². The van der Waals surface area contributed by atoms with Crippen molar-refractivity contribution in [3.05, 3.63) is 24.0 Å². The number of likely N-dealkylation sites (N-methyl/N-ethyl adjacent to an activating group) is 1. The largest absolute Gasteiger partial charge is 0.376 e. The van der Waals surface area contributed by atoms with E-state index in [0.29, 0.717) is 12.1 Å². The molecule has 106 valence electrons. The van der Waals surface area contributed by atoms with Crippen molar-refractivity contribution in [2.45, 2.75) is 45.4 Å². The number of ether oxygens (including phenoxy) is 1. The van der Waals surface area contributed by atoms with E-state index in [1.807, 2.05) is 12.4 Å². The summed E-state index contributed by atoms with van der Waals surface area (Å²) in [6.07, 6.45) is 6.56. The second-order valence-corrected chi connectivity index (χ2v) is 5.56. The Hall–Kier alpha value is -1.13. The number of nitrogens with zero attached hydrogens (tertiary/aromatic N) is 2. The summed E-state index contributed by atoms with van der Waals surface area (Å²) in [6.45, 7) is 7.05. The fraction of sp³-hybridized carbons (Fsp3) is 0.667. The van der Waals surface area contributed by atoms with Gasteiger partial charge in [0.1, 0.15) is 0 Å². The minimum Gasteiger partial charge on any atom is -0.376 e. The smallest absolute Gasteiger partial charge is 0.0750 e. The molecular formula is C15H25N3O. The van der Waals surface area contributed by atoms with E-state index in [9.17, 15) is 0 Å². The van der Waals surface area contributed by atoms with Gasteiger partial charge in [-0.05, 0) is 18.9 Å². The van der Waals surface area contributed by atoms with Crippen molar-refractivity contribution in [3.63, 3.8) is 0 Å². The first-order valence-electron chi connectivity index (χ1n) is 7.16. The lowest BCUT2D eigenvalue weighted by Crippen LogP contribution is -2.30. The van der Waals surface area contributed by atoms with Gasteiger partial charge in [0.05, 0.1) is 6.10 Å². The molecule has 0 bridgehead atoms. The van der Waals surface area contributed by atoms with Gasteiger partial charge in [-0.1, -0.05) is 13.8 Å². The Morgan fingerprint density at radius 3 is 3.05 bits per heavy atom. The zero-order valence-electron chi connectivity index (χ0n) is 12.2. The number of rotatable bonds is 6. The molecule has 0 amide bonds. The normalized spacial score (nSPS) is 19.1. The highest BCUT2D eigenvalue weighted by atomic mass is 16.5. The highest BCUT2D eigenvalue weighted by Gasteiger charge is 2.18. The molecule has 1 aliphatic rings. The highest BCUT2D eigenvalue weighted by Crippen LogP contribution is 2.21. The van der Waals surface area contributed by atoms with Crippen LogP contribution in [-0.2, 0) is 11.3 Å². The maximum Gasteiger partial charge on any atom is 0.0750 e. The van der Waals surface area contributed by atoms with Gasteiger partial charge in [0.25, 0.3) is 0 Å². The molecule has 1 fully saturated rings. The third kappa shape index (κ3) is 4.18. The van der Waals surface area contributed by atoms with Gasteiger partial charge in [0, 0.05) is 56.4 Å². The minimum atomic E-state index is 0.379. The molecule has 0 spiro atoms. The van der Waals surface area contributed by atoms with Crippen molar-refractivity contribution in [3.8, 4) is 0 Å². The third-order valence-corrected chi connectivity index (χ3v) is 3.49. The van der Waals surface area contributed by atoms with Gasteiger partial charge in [0.2, 0.25) is 0 Å². The number of nitrogens with one attached hydrogen (secondary N) is 1. The molecule has 1 aliphatic heterocycles. The monoisotopic (exact) mass is 263 g/mol. The van der Waals surface area contributed by atoms with Crippen LogP contribution in [0.5, 0.6) is 0 Å². The second-order valence-electron chi connectivity index (χ2n) is 5.56. The van der Waals surface area contributed by atoms with Gasteiger partial charge < -0.3 is 15.0 Å². The van der Waals surface area contributed by atoms with Crippen molar-refractivity contribution >= 4 is 5.69 Å². The van der Waals surface area contributed by atoms with E-state index in [-0.39, 0.29) is 0 Å². The standard InChI is InChI=1S/C15H25N3O/c1-12(2)17-10-13-9-16-7-6-15(13)18(3)11-14-5-4-8-19-14/h6-7,9,12,14,17H,4-5,8,10-11H2,1-3H3. The zero-order chi connectivity index (χ0) is 13.7. The SMILES string of the molecule is CC(C)NCc1cnccc1N(C)CC1CCCO1. The first-order chi connectivity index (χ1) is 9.16. The van der Waals surface area contributed by atoms with Crippen LogP contribution in [0.15, 0.2) is 18.5 Å². The van der Waals surface area contributed by atoms with Crippen molar-refractivity contribution < 1.29 is 4.74 Å². The summed E-state index contributed by atoms with van der Waals surface area (Å²) in [4.78, 5) is 6.53. The van der Waals surface area contributed by atoms with E-state index in [4.69, 9.17) is 4.74 Å².